The van der Waals surface area contributed by atoms with Gasteiger partial charge in [-0.25, -0.2) is 4.79 Å². The molecule has 1 atom stereocenters. The predicted octanol–water partition coefficient (Wildman–Crippen LogP) is 5.54. The van der Waals surface area contributed by atoms with E-state index in [2.05, 4.69) is 0 Å². The van der Waals surface area contributed by atoms with Crippen molar-refractivity contribution in [3.8, 4) is 0 Å². The molecule has 9 heteroatoms. The van der Waals surface area contributed by atoms with Gasteiger partial charge in [-0.3, -0.25) is 9.59 Å². The zero-order valence-corrected chi connectivity index (χ0v) is 22.3. The van der Waals surface area contributed by atoms with E-state index < -0.39 is 12.1 Å². The van der Waals surface area contributed by atoms with Crippen molar-refractivity contribution in [1.29, 1.82) is 0 Å². The quantitative estimate of drug-likeness (QED) is 0.296. The molecule has 36 heavy (non-hydrogen) atoms. The fourth-order valence-electron chi connectivity index (χ4n) is 3.99. The molecule has 0 saturated heterocycles. The summed E-state index contributed by atoms with van der Waals surface area (Å²) in [5.41, 5.74) is 0.932. The van der Waals surface area contributed by atoms with Gasteiger partial charge in [-0.05, 0) is 47.7 Å². The molecule has 3 amide bonds. The molecule has 0 aliphatic carbocycles. The second-order valence-electron chi connectivity index (χ2n) is 8.68. The summed E-state index contributed by atoms with van der Waals surface area (Å²) < 4.78 is 0. The molecule has 0 bridgehead atoms. The number of unbranched alkanes of at least 4 members (excludes halogenated alkanes) is 1. The number of nitrogens with zero attached hydrogens (tertiary/aromatic N) is 3. The molecule has 0 saturated carbocycles. The Hall–Kier alpha value is -3.17. The van der Waals surface area contributed by atoms with Crippen molar-refractivity contribution in [3.05, 3.63) is 80.7 Å². The molecule has 3 rings (SSSR count). The van der Waals surface area contributed by atoms with Crippen molar-refractivity contribution in [2.24, 2.45) is 0 Å². The fourth-order valence-corrected chi connectivity index (χ4v) is 5.43. The van der Waals surface area contributed by atoms with Gasteiger partial charge >= 0.3 is 6.09 Å². The second kappa shape index (κ2) is 13.8. The maximum absolute atomic E-state index is 13.8. The number of carbonyl (C=O) groups excluding carboxylic acids is 2. The van der Waals surface area contributed by atoms with Gasteiger partial charge in [0.1, 0.15) is 6.04 Å². The molecule has 7 nitrogen and oxygen atoms in total. The first-order valence-electron chi connectivity index (χ1n) is 11.9. The summed E-state index contributed by atoms with van der Waals surface area (Å²) in [6.07, 6.45) is 0.729. The highest BCUT2D eigenvalue weighted by atomic mass is 32.1. The minimum absolute atomic E-state index is 0.0890. The summed E-state index contributed by atoms with van der Waals surface area (Å²) in [6.45, 7) is 3.13. The highest BCUT2D eigenvalue weighted by molar-refractivity contribution is 7.10. The van der Waals surface area contributed by atoms with E-state index in [9.17, 15) is 19.5 Å². The lowest BCUT2D eigenvalue weighted by Gasteiger charge is -2.32. The smallest absolute Gasteiger partial charge is 0.407 e. The van der Waals surface area contributed by atoms with Crippen molar-refractivity contribution in [2.45, 2.75) is 51.9 Å². The third-order valence-electron chi connectivity index (χ3n) is 6.06. The largest absolute Gasteiger partial charge is 0.465 e. The number of amides is 3. The van der Waals surface area contributed by atoms with Crippen LogP contribution in [0.1, 0.15) is 41.5 Å². The van der Waals surface area contributed by atoms with E-state index in [4.69, 9.17) is 0 Å². The molecule has 1 aromatic carbocycles. The maximum atomic E-state index is 13.8. The highest BCUT2D eigenvalue weighted by Crippen LogP contribution is 2.21. The number of hydrogen-bond donors (Lipinski definition) is 1. The minimum atomic E-state index is -0.967. The van der Waals surface area contributed by atoms with Crippen LogP contribution in [0.5, 0.6) is 0 Å². The Balaban J connectivity index is 1.65. The van der Waals surface area contributed by atoms with Gasteiger partial charge in [-0.15, -0.1) is 22.7 Å². The molecule has 0 aliphatic heterocycles. The van der Waals surface area contributed by atoms with Crippen LogP contribution in [-0.4, -0.2) is 57.3 Å². The number of carbonyl (C=O) groups is 3. The van der Waals surface area contributed by atoms with Gasteiger partial charge in [0.25, 0.3) is 0 Å². The lowest BCUT2D eigenvalue weighted by molar-refractivity contribution is -0.144. The van der Waals surface area contributed by atoms with Crippen LogP contribution in [0.25, 0.3) is 0 Å². The standard InChI is InChI=1S/C27H33N3O4S2/c1-21(31)28(2)25(14-6-7-15-29(27(33)34)18-22-10-4-3-5-11-22)26(32)30(19-23-12-8-16-35-23)20-24-13-9-17-36-24/h3-5,8-13,16-17,25H,6-7,14-15,18-20H2,1-2H3,(H,33,34)/t25-/m0/s1. The summed E-state index contributed by atoms with van der Waals surface area (Å²) in [4.78, 5) is 44.6. The van der Waals surface area contributed by atoms with Gasteiger partial charge in [0.15, 0.2) is 0 Å². The van der Waals surface area contributed by atoms with E-state index in [0.717, 1.165) is 15.3 Å². The van der Waals surface area contributed by atoms with Crippen LogP contribution in [0.2, 0.25) is 0 Å². The summed E-state index contributed by atoms with van der Waals surface area (Å²) in [5.74, 6) is -0.259. The average Bonchev–Trinajstić information content (AvgIpc) is 3.57. The van der Waals surface area contributed by atoms with Crippen LogP contribution in [0.4, 0.5) is 4.79 Å². The van der Waals surface area contributed by atoms with Gasteiger partial charge < -0.3 is 19.8 Å². The van der Waals surface area contributed by atoms with Crippen molar-refractivity contribution >= 4 is 40.6 Å². The number of hydrogen-bond acceptors (Lipinski definition) is 5. The first kappa shape index (κ1) is 27.4. The molecule has 0 unspecified atom stereocenters. The third kappa shape index (κ3) is 8.20. The number of thiophene rings is 2. The first-order valence-corrected chi connectivity index (χ1v) is 13.7. The summed E-state index contributed by atoms with van der Waals surface area (Å²) in [5, 5.41) is 13.6. The zero-order chi connectivity index (χ0) is 25.9. The van der Waals surface area contributed by atoms with E-state index in [-0.39, 0.29) is 11.8 Å². The molecule has 2 aromatic heterocycles. The van der Waals surface area contributed by atoms with Gasteiger partial charge in [0.05, 0.1) is 13.1 Å². The van der Waals surface area contributed by atoms with E-state index in [1.165, 1.54) is 16.7 Å². The molecule has 2 heterocycles. The Morgan fingerprint density at radius 3 is 1.94 bits per heavy atom. The van der Waals surface area contributed by atoms with Crippen LogP contribution >= 0.6 is 22.7 Å². The van der Waals surface area contributed by atoms with Crippen LogP contribution in [0, 0.1) is 0 Å². The third-order valence-corrected chi connectivity index (χ3v) is 7.78. The van der Waals surface area contributed by atoms with Crippen LogP contribution in [0.3, 0.4) is 0 Å². The summed E-state index contributed by atoms with van der Waals surface area (Å²) in [6, 6.07) is 16.8. The first-order chi connectivity index (χ1) is 17.3. The highest BCUT2D eigenvalue weighted by Gasteiger charge is 2.29. The Morgan fingerprint density at radius 2 is 1.44 bits per heavy atom. The zero-order valence-electron chi connectivity index (χ0n) is 20.7. The molecule has 0 spiro atoms. The van der Waals surface area contributed by atoms with E-state index in [1.54, 1.807) is 29.7 Å². The molecule has 1 N–H and O–H groups in total. The molecular formula is C27H33N3O4S2. The van der Waals surface area contributed by atoms with Crippen LogP contribution in [0.15, 0.2) is 65.4 Å². The lowest BCUT2D eigenvalue weighted by Crippen LogP contribution is -2.48. The SMILES string of the molecule is CC(=O)N(C)[C@@H](CCCCN(Cc1ccccc1)C(=O)O)C(=O)N(Cc1cccs1)Cc1cccs1. The molecular weight excluding hydrogens is 494 g/mol. The number of benzene rings is 1. The molecule has 3 aromatic rings. The Labute approximate surface area is 220 Å². The van der Waals surface area contributed by atoms with Crippen molar-refractivity contribution < 1.29 is 19.5 Å². The summed E-state index contributed by atoms with van der Waals surface area (Å²) in [7, 11) is 1.67. The number of carboxylic acid groups (broad SMARTS) is 1. The van der Waals surface area contributed by atoms with E-state index >= 15 is 0 Å². The molecule has 0 aliphatic rings. The van der Waals surface area contributed by atoms with Gasteiger partial charge in [-0.1, -0.05) is 42.5 Å². The van der Waals surface area contributed by atoms with E-state index in [1.807, 2.05) is 70.3 Å². The normalized spacial score (nSPS) is 11.6. The molecule has 0 radical (unpaired) electrons. The number of rotatable bonds is 13. The molecule has 0 fully saturated rings. The Bertz CT molecular complexity index is 1050. The van der Waals surface area contributed by atoms with Crippen molar-refractivity contribution in [1.82, 2.24) is 14.7 Å². The van der Waals surface area contributed by atoms with Crippen LogP contribution in [-0.2, 0) is 29.2 Å². The fraction of sp³-hybridized carbons (Fsp3) is 0.370. The number of likely N-dealkylation sites (N-methyl/N-ethyl adjacent to an activating group) is 1. The van der Waals surface area contributed by atoms with Gasteiger partial charge in [0, 0.05) is 36.8 Å². The van der Waals surface area contributed by atoms with Gasteiger partial charge in [0.2, 0.25) is 11.8 Å². The molecule has 192 valence electrons. The van der Waals surface area contributed by atoms with Gasteiger partial charge in [-0.2, -0.15) is 0 Å². The Morgan fingerprint density at radius 1 is 0.833 bits per heavy atom. The lowest BCUT2D eigenvalue weighted by atomic mass is 10.1. The predicted molar refractivity (Wildman–Crippen MR) is 144 cm³/mol. The van der Waals surface area contributed by atoms with E-state index in [0.29, 0.717) is 45.4 Å². The van der Waals surface area contributed by atoms with Crippen molar-refractivity contribution in [3.63, 3.8) is 0 Å². The van der Waals surface area contributed by atoms with Crippen LogP contribution < -0.4 is 0 Å². The van der Waals surface area contributed by atoms with Crippen molar-refractivity contribution in [2.75, 3.05) is 13.6 Å². The second-order valence-corrected chi connectivity index (χ2v) is 10.7. The monoisotopic (exact) mass is 527 g/mol. The summed E-state index contributed by atoms with van der Waals surface area (Å²) >= 11 is 3.21. The topological polar surface area (TPSA) is 81.2 Å². The average molecular weight is 528 g/mol. The minimum Gasteiger partial charge on any atom is -0.465 e. The Kier molecular flexibility index (Phi) is 10.5. The maximum Gasteiger partial charge on any atom is 0.407 e.